The fourth-order valence-corrected chi connectivity index (χ4v) is 4.73. The molecule has 0 fully saturated rings. The molecule has 0 bridgehead atoms. The maximum atomic E-state index is 12.7. The predicted molar refractivity (Wildman–Crippen MR) is 182 cm³/mol. The molecule has 5 N–H and O–H groups in total. The minimum Gasteiger partial charge on any atom is -0.489 e. The van der Waals surface area contributed by atoms with Gasteiger partial charge in [-0.3, -0.25) is 0 Å². The van der Waals surface area contributed by atoms with Crippen molar-refractivity contribution in [2.45, 2.75) is 96.5 Å². The second-order valence-corrected chi connectivity index (χ2v) is 13.6. The van der Waals surface area contributed by atoms with Crippen molar-refractivity contribution >= 4 is 12.2 Å². The number of aliphatic hydroxyl groups is 2. The van der Waals surface area contributed by atoms with Gasteiger partial charge in [-0.2, -0.15) is 0 Å². The van der Waals surface area contributed by atoms with E-state index in [1.165, 1.54) is 0 Å². The van der Waals surface area contributed by atoms with Gasteiger partial charge >= 0.3 is 12.2 Å². The van der Waals surface area contributed by atoms with Crippen LogP contribution >= 0.6 is 0 Å². The number of ether oxygens (including phenoxy) is 3. The van der Waals surface area contributed by atoms with Crippen LogP contribution in [0.25, 0.3) is 0 Å². The van der Waals surface area contributed by atoms with Gasteiger partial charge in [0.1, 0.15) is 23.6 Å². The van der Waals surface area contributed by atoms with Crippen LogP contribution in [0, 0.1) is 0 Å². The quantitative estimate of drug-likeness (QED) is 0.153. The van der Waals surface area contributed by atoms with Gasteiger partial charge in [-0.1, -0.05) is 72.8 Å². The number of rotatable bonds is 15. The third kappa shape index (κ3) is 14.9. The molecule has 47 heavy (non-hydrogen) atoms. The van der Waals surface area contributed by atoms with Gasteiger partial charge in [0.15, 0.2) is 0 Å². The van der Waals surface area contributed by atoms with E-state index in [4.69, 9.17) is 14.2 Å². The Kier molecular flexibility index (Phi) is 14.1. The van der Waals surface area contributed by atoms with Gasteiger partial charge in [0, 0.05) is 13.1 Å². The summed E-state index contributed by atoms with van der Waals surface area (Å²) in [4.78, 5) is 25.3. The summed E-state index contributed by atoms with van der Waals surface area (Å²) in [6.45, 7) is 11.2. The van der Waals surface area contributed by atoms with E-state index in [-0.39, 0.29) is 13.1 Å². The largest absolute Gasteiger partial charge is 0.489 e. The van der Waals surface area contributed by atoms with Crippen LogP contribution in [0.3, 0.4) is 0 Å². The highest BCUT2D eigenvalue weighted by molar-refractivity contribution is 5.68. The Morgan fingerprint density at radius 3 is 1.45 bits per heavy atom. The Balaban J connectivity index is 1.63. The van der Waals surface area contributed by atoms with E-state index in [9.17, 15) is 19.8 Å². The van der Waals surface area contributed by atoms with Crippen molar-refractivity contribution in [3.8, 4) is 5.75 Å². The Hall–Kier alpha value is -4.12. The number of hydrogen-bond acceptors (Lipinski definition) is 8. The normalized spacial score (nSPS) is 14.3. The molecule has 256 valence electrons. The van der Waals surface area contributed by atoms with Crippen LogP contribution in [-0.2, 0) is 28.9 Å². The molecule has 10 nitrogen and oxygen atoms in total. The number of carbonyl (C=O) groups is 2. The number of benzene rings is 3. The Labute approximate surface area is 278 Å². The summed E-state index contributed by atoms with van der Waals surface area (Å²) in [6, 6.07) is 25.5. The number of hydrogen-bond donors (Lipinski definition) is 5. The number of carbonyl (C=O) groups excluding carboxylic acids is 2. The summed E-state index contributed by atoms with van der Waals surface area (Å²) in [5.74, 6) is 0.704. The van der Waals surface area contributed by atoms with E-state index in [0.29, 0.717) is 25.2 Å². The van der Waals surface area contributed by atoms with E-state index < -0.39 is 47.7 Å². The molecular weight excluding hydrogens is 598 g/mol. The van der Waals surface area contributed by atoms with Gasteiger partial charge in [-0.05, 0) is 83.2 Å². The minimum absolute atomic E-state index is 0.0558. The first-order valence-electron chi connectivity index (χ1n) is 16.0. The van der Waals surface area contributed by atoms with Gasteiger partial charge in [-0.25, -0.2) is 9.59 Å². The third-order valence-electron chi connectivity index (χ3n) is 6.97. The first kappa shape index (κ1) is 37.3. The van der Waals surface area contributed by atoms with Crippen LogP contribution in [0.2, 0.25) is 0 Å². The molecule has 4 atom stereocenters. The molecule has 0 unspecified atom stereocenters. The van der Waals surface area contributed by atoms with Crippen LogP contribution in [0.4, 0.5) is 9.59 Å². The number of alkyl carbamates (subject to hydrolysis) is 2. The lowest BCUT2D eigenvalue weighted by molar-refractivity contribution is 0.0399. The highest BCUT2D eigenvalue weighted by Crippen LogP contribution is 2.17. The van der Waals surface area contributed by atoms with Crippen LogP contribution in [-0.4, -0.2) is 71.0 Å². The van der Waals surface area contributed by atoms with Crippen LogP contribution in [0.1, 0.15) is 58.2 Å². The van der Waals surface area contributed by atoms with E-state index in [0.717, 1.165) is 16.7 Å². The molecule has 0 aliphatic carbocycles. The van der Waals surface area contributed by atoms with Crippen molar-refractivity contribution in [1.29, 1.82) is 0 Å². The molecule has 0 heterocycles. The molecule has 0 spiro atoms. The van der Waals surface area contributed by atoms with E-state index >= 15 is 0 Å². The Morgan fingerprint density at radius 2 is 1.02 bits per heavy atom. The summed E-state index contributed by atoms with van der Waals surface area (Å²) in [6.07, 6.45) is -2.62. The Bertz CT molecular complexity index is 1360. The van der Waals surface area contributed by atoms with E-state index in [1.54, 1.807) is 41.5 Å². The predicted octanol–water partition coefficient (Wildman–Crippen LogP) is 5.15. The molecular formula is C37H51N3O7. The van der Waals surface area contributed by atoms with Crippen molar-refractivity contribution in [3.63, 3.8) is 0 Å². The Morgan fingerprint density at radius 1 is 0.617 bits per heavy atom. The van der Waals surface area contributed by atoms with Crippen molar-refractivity contribution in [3.05, 3.63) is 102 Å². The lowest BCUT2D eigenvalue weighted by Crippen LogP contribution is -2.53. The summed E-state index contributed by atoms with van der Waals surface area (Å²) in [5.41, 5.74) is 1.47. The maximum absolute atomic E-state index is 12.7. The molecule has 0 aliphatic rings. The molecule has 10 heteroatoms. The zero-order valence-electron chi connectivity index (χ0n) is 28.4. The number of nitrogens with one attached hydrogen (secondary N) is 3. The average Bonchev–Trinajstić information content (AvgIpc) is 2.99. The van der Waals surface area contributed by atoms with Gasteiger partial charge in [0.05, 0.1) is 24.3 Å². The van der Waals surface area contributed by atoms with E-state index in [1.807, 2.05) is 84.9 Å². The SMILES string of the molecule is CC(C)(C)OC(=O)N[C@@H](Cc1ccccc1)[C@H](O)CNC[C@@H](O)[C@H](Cc1ccc(OCc2ccccc2)cc1)NC(=O)OC(C)(C)C. The molecule has 3 aromatic carbocycles. The van der Waals surface area contributed by atoms with Crippen LogP contribution < -0.4 is 20.7 Å². The maximum Gasteiger partial charge on any atom is 0.407 e. The molecule has 0 saturated carbocycles. The molecule has 0 aromatic heterocycles. The second kappa shape index (κ2) is 17.7. The third-order valence-corrected chi connectivity index (χ3v) is 6.97. The summed E-state index contributed by atoms with van der Waals surface area (Å²) in [5, 5.41) is 31.0. The first-order chi connectivity index (χ1) is 22.2. The molecule has 3 rings (SSSR count). The lowest BCUT2D eigenvalue weighted by Gasteiger charge is -2.29. The first-order valence-corrected chi connectivity index (χ1v) is 16.0. The highest BCUT2D eigenvalue weighted by atomic mass is 16.6. The summed E-state index contributed by atoms with van der Waals surface area (Å²) >= 11 is 0. The van der Waals surface area contributed by atoms with Gasteiger partial charge in [0.25, 0.3) is 0 Å². The smallest absolute Gasteiger partial charge is 0.407 e. The molecule has 0 radical (unpaired) electrons. The fraction of sp³-hybridized carbons (Fsp3) is 0.459. The van der Waals surface area contributed by atoms with Crippen molar-refractivity contribution < 1.29 is 34.0 Å². The highest BCUT2D eigenvalue weighted by Gasteiger charge is 2.27. The zero-order chi connectivity index (χ0) is 34.5. The molecule has 0 aliphatic heterocycles. The van der Waals surface area contributed by atoms with Crippen molar-refractivity contribution in [2.75, 3.05) is 13.1 Å². The monoisotopic (exact) mass is 649 g/mol. The summed E-state index contributed by atoms with van der Waals surface area (Å²) in [7, 11) is 0. The zero-order valence-corrected chi connectivity index (χ0v) is 28.4. The average molecular weight is 650 g/mol. The van der Waals surface area contributed by atoms with Crippen LogP contribution in [0.15, 0.2) is 84.9 Å². The lowest BCUT2D eigenvalue weighted by atomic mass is 10.00. The van der Waals surface area contributed by atoms with Crippen molar-refractivity contribution in [1.82, 2.24) is 16.0 Å². The topological polar surface area (TPSA) is 138 Å². The van der Waals surface area contributed by atoms with Crippen LogP contribution in [0.5, 0.6) is 5.75 Å². The fourth-order valence-electron chi connectivity index (χ4n) is 4.73. The minimum atomic E-state index is -1.03. The van der Waals surface area contributed by atoms with Gasteiger partial charge in [0.2, 0.25) is 0 Å². The molecule has 0 saturated heterocycles. The van der Waals surface area contributed by atoms with Crippen molar-refractivity contribution in [2.24, 2.45) is 0 Å². The standard InChI is InChI=1S/C37H51N3O7/c1-36(2,3)46-34(43)39-30(21-26-13-9-7-10-14-26)32(41)23-38-24-33(42)31(40-35(44)47-37(4,5)6)22-27-17-19-29(20-18-27)45-25-28-15-11-8-12-16-28/h7-20,30-33,38,41-42H,21-25H2,1-6H3,(H,39,43)(H,40,44)/t30-,31-,32+,33+/m0/s1. The molecule has 2 amide bonds. The number of amides is 2. The number of aliphatic hydroxyl groups excluding tert-OH is 2. The van der Waals surface area contributed by atoms with E-state index in [2.05, 4.69) is 16.0 Å². The molecule has 3 aromatic rings. The van der Waals surface area contributed by atoms with Gasteiger partial charge in [-0.15, -0.1) is 0 Å². The van der Waals surface area contributed by atoms with Gasteiger partial charge < -0.3 is 40.4 Å². The summed E-state index contributed by atoms with van der Waals surface area (Å²) < 4.78 is 16.8. The second-order valence-electron chi connectivity index (χ2n) is 13.6.